The van der Waals surface area contributed by atoms with Gasteiger partial charge in [0.05, 0.1) is 20.7 Å². The highest BCUT2D eigenvalue weighted by Gasteiger charge is 2.08. The number of hydrogen-bond acceptors (Lipinski definition) is 6. The predicted molar refractivity (Wildman–Crippen MR) is 93.9 cm³/mol. The highest BCUT2D eigenvalue weighted by molar-refractivity contribution is 7.22. The Bertz CT molecular complexity index is 869. The zero-order chi connectivity index (χ0) is 16.1. The van der Waals surface area contributed by atoms with Crippen LogP contribution in [0.15, 0.2) is 59.7 Å². The number of aromatic nitrogens is 1. The van der Waals surface area contributed by atoms with Crippen LogP contribution in [0, 0.1) is 10.1 Å². The lowest BCUT2D eigenvalue weighted by Crippen LogP contribution is -1.90. The summed E-state index contributed by atoms with van der Waals surface area (Å²) in [6.45, 7) is 0. The van der Waals surface area contributed by atoms with Crippen molar-refractivity contribution in [3.63, 3.8) is 0 Å². The number of hydrogen-bond donors (Lipinski definition) is 1. The van der Waals surface area contributed by atoms with E-state index in [1.54, 1.807) is 30.4 Å². The number of nitrogens with zero attached hydrogens (tertiary/aromatic N) is 3. The molecule has 1 heterocycles. The number of benzene rings is 2. The summed E-state index contributed by atoms with van der Waals surface area (Å²) >= 11 is 1.51. The number of allylic oxidation sites excluding steroid dienone is 1. The Morgan fingerprint density at radius 1 is 1.17 bits per heavy atom. The van der Waals surface area contributed by atoms with Crippen molar-refractivity contribution in [2.75, 3.05) is 5.43 Å². The van der Waals surface area contributed by atoms with Crippen LogP contribution in [-0.2, 0) is 0 Å². The molecular formula is C16H12N4O2S. The Morgan fingerprint density at radius 2 is 1.96 bits per heavy atom. The van der Waals surface area contributed by atoms with Gasteiger partial charge < -0.3 is 0 Å². The van der Waals surface area contributed by atoms with E-state index in [2.05, 4.69) is 15.5 Å². The molecule has 2 aromatic carbocycles. The summed E-state index contributed by atoms with van der Waals surface area (Å²) in [5.74, 6) is 0. The van der Waals surface area contributed by atoms with E-state index >= 15 is 0 Å². The second-order valence-corrected chi connectivity index (χ2v) is 5.58. The number of nitro groups is 1. The standard InChI is InChI=1S/C16H12N4O2S/c21-20(22)14-9-3-1-6-12(14)7-5-11-17-19-16-18-13-8-2-4-10-15(13)23-16/h1-11H,(H,18,19)/b7-5+,17-11+. The molecule has 0 aliphatic rings. The molecule has 0 unspecified atom stereocenters. The van der Waals surface area contributed by atoms with Gasteiger partial charge in [0, 0.05) is 12.3 Å². The lowest BCUT2D eigenvalue weighted by Gasteiger charge is -1.95. The molecule has 0 fully saturated rings. The fourth-order valence-electron chi connectivity index (χ4n) is 2.00. The highest BCUT2D eigenvalue weighted by atomic mass is 32.1. The fraction of sp³-hybridized carbons (Fsp3) is 0. The summed E-state index contributed by atoms with van der Waals surface area (Å²) in [6, 6.07) is 14.4. The third-order valence-corrected chi connectivity index (χ3v) is 3.96. The van der Waals surface area contributed by atoms with Crippen LogP contribution in [0.4, 0.5) is 10.8 Å². The summed E-state index contributed by atoms with van der Waals surface area (Å²) < 4.78 is 1.08. The van der Waals surface area contributed by atoms with Crippen LogP contribution in [-0.4, -0.2) is 16.1 Å². The van der Waals surface area contributed by atoms with E-state index < -0.39 is 4.92 Å². The monoisotopic (exact) mass is 324 g/mol. The first kappa shape index (κ1) is 14.9. The number of rotatable bonds is 5. The molecule has 0 aliphatic carbocycles. The average molecular weight is 324 g/mol. The van der Waals surface area contributed by atoms with Gasteiger partial charge in [-0.1, -0.05) is 35.6 Å². The normalized spacial score (nSPS) is 11.5. The van der Waals surface area contributed by atoms with Gasteiger partial charge in [-0.2, -0.15) is 5.10 Å². The highest BCUT2D eigenvalue weighted by Crippen LogP contribution is 2.25. The Morgan fingerprint density at radius 3 is 2.78 bits per heavy atom. The average Bonchev–Trinajstić information content (AvgIpc) is 2.97. The lowest BCUT2D eigenvalue weighted by molar-refractivity contribution is -0.385. The van der Waals surface area contributed by atoms with Gasteiger partial charge in [-0.15, -0.1) is 0 Å². The van der Waals surface area contributed by atoms with E-state index in [-0.39, 0.29) is 5.69 Å². The Labute approximate surface area is 136 Å². The smallest absolute Gasteiger partial charge is 0.258 e. The van der Waals surface area contributed by atoms with E-state index in [0.717, 1.165) is 10.2 Å². The van der Waals surface area contributed by atoms with E-state index in [0.29, 0.717) is 10.7 Å². The van der Waals surface area contributed by atoms with Crippen LogP contribution in [0.5, 0.6) is 0 Å². The Balaban J connectivity index is 1.66. The number of fused-ring (bicyclic) bond motifs is 1. The molecule has 3 rings (SSSR count). The molecule has 3 aromatic rings. The van der Waals surface area contributed by atoms with Crippen LogP contribution in [0.3, 0.4) is 0 Å². The number of anilines is 1. The topological polar surface area (TPSA) is 80.4 Å². The molecule has 0 atom stereocenters. The summed E-state index contributed by atoms with van der Waals surface area (Å²) in [4.78, 5) is 14.9. The minimum atomic E-state index is -0.407. The van der Waals surface area contributed by atoms with Gasteiger partial charge in [0.25, 0.3) is 5.69 Å². The van der Waals surface area contributed by atoms with Crippen LogP contribution in [0.25, 0.3) is 16.3 Å². The van der Waals surface area contributed by atoms with E-state index in [1.165, 1.54) is 23.6 Å². The van der Waals surface area contributed by atoms with Crippen molar-refractivity contribution in [3.05, 3.63) is 70.3 Å². The van der Waals surface area contributed by atoms with Crippen molar-refractivity contribution in [2.45, 2.75) is 0 Å². The van der Waals surface area contributed by atoms with Crippen LogP contribution in [0.2, 0.25) is 0 Å². The minimum Gasteiger partial charge on any atom is -0.258 e. The molecule has 6 nitrogen and oxygen atoms in total. The molecule has 23 heavy (non-hydrogen) atoms. The van der Waals surface area contributed by atoms with Crippen molar-refractivity contribution < 1.29 is 4.92 Å². The van der Waals surface area contributed by atoms with E-state index in [9.17, 15) is 10.1 Å². The number of nitro benzene ring substituents is 1. The largest absolute Gasteiger partial charge is 0.276 e. The maximum absolute atomic E-state index is 10.9. The lowest BCUT2D eigenvalue weighted by atomic mass is 10.2. The molecule has 0 saturated carbocycles. The molecular weight excluding hydrogens is 312 g/mol. The number of thiazole rings is 1. The van der Waals surface area contributed by atoms with Gasteiger partial charge in [0.1, 0.15) is 0 Å². The van der Waals surface area contributed by atoms with Gasteiger partial charge in [0.2, 0.25) is 5.13 Å². The summed E-state index contributed by atoms with van der Waals surface area (Å²) in [5.41, 5.74) is 4.37. The molecule has 0 amide bonds. The van der Waals surface area contributed by atoms with Crippen LogP contribution < -0.4 is 5.43 Å². The Hall–Kier alpha value is -3.06. The zero-order valence-corrected chi connectivity index (χ0v) is 12.7. The van der Waals surface area contributed by atoms with Crippen molar-refractivity contribution in [1.29, 1.82) is 0 Å². The molecule has 0 saturated heterocycles. The van der Waals surface area contributed by atoms with Crippen LogP contribution in [0.1, 0.15) is 5.56 Å². The maximum Gasteiger partial charge on any atom is 0.276 e. The van der Waals surface area contributed by atoms with Crippen molar-refractivity contribution in [2.24, 2.45) is 5.10 Å². The summed E-state index contributed by atoms with van der Waals surface area (Å²) in [7, 11) is 0. The number of nitrogens with one attached hydrogen (secondary N) is 1. The number of hydrazone groups is 1. The zero-order valence-electron chi connectivity index (χ0n) is 11.9. The molecule has 0 spiro atoms. The fourth-order valence-corrected chi connectivity index (χ4v) is 2.81. The molecule has 1 N–H and O–H groups in total. The quantitative estimate of drug-likeness (QED) is 0.430. The molecule has 0 aliphatic heterocycles. The third kappa shape index (κ3) is 3.58. The number of para-hydroxylation sites is 2. The van der Waals surface area contributed by atoms with Gasteiger partial charge in [-0.05, 0) is 30.4 Å². The molecule has 7 heteroatoms. The minimum absolute atomic E-state index is 0.0660. The van der Waals surface area contributed by atoms with Gasteiger partial charge in [0.15, 0.2) is 0 Å². The maximum atomic E-state index is 10.9. The van der Waals surface area contributed by atoms with Crippen LogP contribution >= 0.6 is 11.3 Å². The first-order chi connectivity index (χ1) is 11.2. The predicted octanol–water partition coefficient (Wildman–Crippen LogP) is 4.32. The first-order valence-corrected chi connectivity index (χ1v) is 7.60. The Kier molecular flexibility index (Phi) is 4.39. The van der Waals surface area contributed by atoms with Gasteiger partial charge in [-0.3, -0.25) is 15.5 Å². The SMILES string of the molecule is O=[N+]([O-])c1ccccc1/C=C/C=N/Nc1nc2ccccc2s1. The van der Waals surface area contributed by atoms with Gasteiger partial charge in [-0.25, -0.2) is 4.98 Å². The van der Waals surface area contributed by atoms with Gasteiger partial charge >= 0.3 is 0 Å². The van der Waals surface area contributed by atoms with E-state index in [4.69, 9.17) is 0 Å². The van der Waals surface area contributed by atoms with Crippen molar-refractivity contribution in [3.8, 4) is 0 Å². The summed E-state index contributed by atoms with van der Waals surface area (Å²) in [5, 5.41) is 15.6. The second kappa shape index (κ2) is 6.80. The third-order valence-electron chi connectivity index (χ3n) is 3.02. The van der Waals surface area contributed by atoms with E-state index in [1.807, 2.05) is 24.3 Å². The molecule has 1 aromatic heterocycles. The first-order valence-electron chi connectivity index (χ1n) is 6.79. The molecule has 114 valence electrons. The van der Waals surface area contributed by atoms with Crippen molar-refractivity contribution >= 4 is 44.7 Å². The molecule has 0 radical (unpaired) electrons. The second-order valence-electron chi connectivity index (χ2n) is 4.55. The summed E-state index contributed by atoms with van der Waals surface area (Å²) in [6.07, 6.45) is 4.81. The van der Waals surface area contributed by atoms with Crippen molar-refractivity contribution in [1.82, 2.24) is 4.98 Å². The molecule has 0 bridgehead atoms.